The Hall–Kier alpha value is -2.82. The zero-order valence-corrected chi connectivity index (χ0v) is 19.0. The molecule has 2 amide bonds. The van der Waals surface area contributed by atoms with Crippen LogP contribution in [-0.4, -0.2) is 50.1 Å². The van der Waals surface area contributed by atoms with E-state index in [9.17, 15) is 17.6 Å². The first-order chi connectivity index (χ1) is 15.9. The van der Waals surface area contributed by atoms with Crippen molar-refractivity contribution >= 4 is 27.6 Å². The number of rotatable bonds is 4. The average molecular weight is 476 g/mol. The summed E-state index contributed by atoms with van der Waals surface area (Å²) in [6, 6.07) is 1.44. The summed E-state index contributed by atoms with van der Waals surface area (Å²) in [5.74, 6) is 0.225. The maximum Gasteiger partial charge on any atom is 0.333 e. The molecule has 2 aliphatic heterocycles. The van der Waals surface area contributed by atoms with E-state index in [-0.39, 0.29) is 29.7 Å². The number of halogens is 1. The van der Waals surface area contributed by atoms with Crippen LogP contribution in [0.15, 0.2) is 11.0 Å². The number of amides is 2. The van der Waals surface area contributed by atoms with Crippen LogP contribution < -0.4 is 19.7 Å². The lowest BCUT2D eigenvalue weighted by molar-refractivity contribution is 0.224. The van der Waals surface area contributed by atoms with E-state index in [1.165, 1.54) is 15.8 Å². The van der Waals surface area contributed by atoms with Gasteiger partial charge < -0.3 is 15.0 Å². The molecule has 6 rings (SSSR count). The largest absolute Gasteiger partial charge is 0.477 e. The maximum atomic E-state index is 13.5. The van der Waals surface area contributed by atoms with Gasteiger partial charge in [-0.3, -0.25) is 0 Å². The third-order valence-electron chi connectivity index (χ3n) is 6.94. The molecule has 0 saturated carbocycles. The molecule has 2 N–H and O–H groups in total. The minimum Gasteiger partial charge on any atom is -0.477 e. The number of sulfonamides is 1. The van der Waals surface area contributed by atoms with Crippen molar-refractivity contribution < 1.29 is 22.3 Å². The lowest BCUT2D eigenvalue weighted by atomic mass is 9.99. The highest BCUT2D eigenvalue weighted by atomic mass is 32.2. The van der Waals surface area contributed by atoms with Gasteiger partial charge in [-0.25, -0.2) is 27.0 Å². The lowest BCUT2D eigenvalue weighted by Gasteiger charge is -2.34. The molecule has 3 heterocycles. The molecule has 9 nitrogen and oxygen atoms in total. The van der Waals surface area contributed by atoms with E-state index in [2.05, 4.69) is 21.2 Å². The lowest BCUT2D eigenvalue weighted by Crippen LogP contribution is -2.49. The summed E-state index contributed by atoms with van der Waals surface area (Å²) < 4.78 is 49.5. The quantitative estimate of drug-likeness (QED) is 0.703. The van der Waals surface area contributed by atoms with Gasteiger partial charge in [0.25, 0.3) is 10.0 Å². The Labute approximate surface area is 191 Å². The van der Waals surface area contributed by atoms with Crippen molar-refractivity contribution in [3.05, 3.63) is 28.3 Å². The molecule has 4 aliphatic rings. The Morgan fingerprint density at radius 1 is 1.09 bits per heavy atom. The van der Waals surface area contributed by atoms with Crippen LogP contribution >= 0.6 is 0 Å². The van der Waals surface area contributed by atoms with Gasteiger partial charge in [0.1, 0.15) is 6.17 Å². The van der Waals surface area contributed by atoms with Gasteiger partial charge in [0.2, 0.25) is 5.88 Å². The van der Waals surface area contributed by atoms with Crippen LogP contribution in [0.25, 0.3) is 0 Å². The van der Waals surface area contributed by atoms with Crippen molar-refractivity contribution in [3.63, 3.8) is 0 Å². The first kappa shape index (κ1) is 20.8. The Bertz CT molecular complexity index is 1220. The van der Waals surface area contributed by atoms with E-state index in [0.29, 0.717) is 19.6 Å². The fraction of sp³-hybridized carbons (Fsp3) is 0.545. The Balaban J connectivity index is 1.31. The van der Waals surface area contributed by atoms with Crippen molar-refractivity contribution in [1.29, 1.82) is 0 Å². The molecule has 176 valence electrons. The van der Waals surface area contributed by atoms with Crippen LogP contribution in [0, 0.1) is 0 Å². The number of fused-ring (bicyclic) bond motifs is 3. The van der Waals surface area contributed by atoms with E-state index < -0.39 is 22.2 Å². The highest BCUT2D eigenvalue weighted by Crippen LogP contribution is 2.40. The zero-order valence-electron chi connectivity index (χ0n) is 18.2. The number of carbonyl (C=O) groups excluding carboxylic acids is 1. The van der Waals surface area contributed by atoms with Gasteiger partial charge in [-0.15, -0.1) is 0 Å². The molecule has 0 unspecified atom stereocenters. The van der Waals surface area contributed by atoms with Crippen LogP contribution in [0.3, 0.4) is 0 Å². The minimum absolute atomic E-state index is 0.0630. The van der Waals surface area contributed by atoms with Crippen molar-refractivity contribution in [2.75, 3.05) is 29.9 Å². The summed E-state index contributed by atoms with van der Waals surface area (Å²) in [6.07, 6.45) is 5.43. The predicted octanol–water partition coefficient (Wildman–Crippen LogP) is 2.31. The third kappa shape index (κ3) is 3.44. The maximum absolute atomic E-state index is 13.5. The number of hydrogen-bond donors (Lipinski definition) is 2. The monoisotopic (exact) mass is 475 g/mol. The van der Waals surface area contributed by atoms with Crippen molar-refractivity contribution in [2.24, 2.45) is 0 Å². The SMILES string of the molecule is O=C(Nc1c2c(cc3c1CCC3)CCC2)NS(=O)(=O)c1c(N2CC(F)C2)nn2c1OCCC2. The van der Waals surface area contributed by atoms with Crippen LogP contribution in [-0.2, 0) is 42.3 Å². The highest BCUT2D eigenvalue weighted by Gasteiger charge is 2.39. The van der Waals surface area contributed by atoms with E-state index in [4.69, 9.17) is 4.74 Å². The van der Waals surface area contributed by atoms with E-state index in [1.54, 1.807) is 4.90 Å². The van der Waals surface area contributed by atoms with Crippen LogP contribution in [0.1, 0.15) is 41.5 Å². The normalized spacial score (nSPS) is 19.4. The second-order valence-electron chi connectivity index (χ2n) is 9.18. The standard InChI is InChI=1S/C22H26FN5O4S/c23-15-11-27(12-15)20-19(21-28(25-20)8-3-9-32-21)33(30,31)26-22(29)24-18-16-6-1-4-13(16)10-14-5-2-7-17(14)18/h10,15H,1-9,11-12H2,(H2,24,26,29). The molecule has 1 aromatic carbocycles. The number of benzene rings is 1. The molecule has 1 saturated heterocycles. The number of anilines is 2. The fourth-order valence-corrected chi connectivity index (χ4v) is 6.61. The molecule has 0 spiro atoms. The first-order valence-electron chi connectivity index (χ1n) is 11.5. The molecule has 2 aromatic rings. The van der Waals surface area contributed by atoms with Gasteiger partial charge in [-0.05, 0) is 60.8 Å². The fourth-order valence-electron chi connectivity index (χ4n) is 5.41. The number of carbonyl (C=O) groups is 1. The molecule has 2 aliphatic carbocycles. The summed E-state index contributed by atoms with van der Waals surface area (Å²) in [4.78, 5) is 14.3. The number of alkyl halides is 1. The Morgan fingerprint density at radius 3 is 2.45 bits per heavy atom. The van der Waals surface area contributed by atoms with E-state index in [1.807, 2.05) is 0 Å². The van der Waals surface area contributed by atoms with Crippen LogP contribution in [0.5, 0.6) is 5.88 Å². The number of aromatic nitrogens is 2. The topological polar surface area (TPSA) is 106 Å². The molecule has 0 atom stereocenters. The van der Waals surface area contributed by atoms with E-state index in [0.717, 1.165) is 55.3 Å². The highest BCUT2D eigenvalue weighted by molar-refractivity contribution is 7.90. The predicted molar refractivity (Wildman–Crippen MR) is 119 cm³/mol. The summed E-state index contributed by atoms with van der Waals surface area (Å²) in [6.45, 7) is 0.980. The second kappa shape index (κ2) is 7.61. The summed E-state index contributed by atoms with van der Waals surface area (Å²) in [5.41, 5.74) is 5.48. The second-order valence-corrected chi connectivity index (χ2v) is 10.8. The summed E-state index contributed by atoms with van der Waals surface area (Å²) in [5, 5.41) is 7.21. The molecule has 1 fully saturated rings. The van der Waals surface area contributed by atoms with Gasteiger partial charge in [-0.1, -0.05) is 6.07 Å². The molecular formula is C22H26FN5O4S. The van der Waals surface area contributed by atoms with Crippen LogP contribution in [0.2, 0.25) is 0 Å². The molecule has 1 aromatic heterocycles. The molecule has 11 heteroatoms. The number of ether oxygens (including phenoxy) is 1. The number of nitrogens with zero attached hydrogens (tertiary/aromatic N) is 3. The van der Waals surface area contributed by atoms with Gasteiger partial charge in [0, 0.05) is 18.7 Å². The first-order valence-corrected chi connectivity index (χ1v) is 13.0. The molecule has 0 radical (unpaired) electrons. The zero-order chi connectivity index (χ0) is 22.7. The number of urea groups is 1. The number of hydrogen-bond acceptors (Lipinski definition) is 6. The minimum atomic E-state index is -4.31. The average Bonchev–Trinajstić information content (AvgIpc) is 3.48. The Morgan fingerprint density at radius 2 is 1.79 bits per heavy atom. The molecular weight excluding hydrogens is 449 g/mol. The Kier molecular flexibility index (Phi) is 4.79. The smallest absolute Gasteiger partial charge is 0.333 e. The number of nitrogens with one attached hydrogen (secondary N) is 2. The number of aryl methyl sites for hydroxylation is 3. The summed E-state index contributed by atoms with van der Waals surface area (Å²) in [7, 11) is -4.31. The molecule has 33 heavy (non-hydrogen) atoms. The van der Waals surface area contributed by atoms with Crippen molar-refractivity contribution in [1.82, 2.24) is 14.5 Å². The van der Waals surface area contributed by atoms with Crippen molar-refractivity contribution in [3.8, 4) is 5.88 Å². The summed E-state index contributed by atoms with van der Waals surface area (Å²) >= 11 is 0. The van der Waals surface area contributed by atoms with Crippen molar-refractivity contribution in [2.45, 2.75) is 62.6 Å². The molecule has 0 bridgehead atoms. The van der Waals surface area contributed by atoms with Gasteiger partial charge >= 0.3 is 6.03 Å². The van der Waals surface area contributed by atoms with Crippen LogP contribution in [0.4, 0.5) is 20.7 Å². The van der Waals surface area contributed by atoms with Gasteiger partial charge in [0.15, 0.2) is 10.7 Å². The van der Waals surface area contributed by atoms with Gasteiger partial charge in [-0.2, -0.15) is 5.10 Å². The van der Waals surface area contributed by atoms with E-state index >= 15 is 0 Å². The third-order valence-corrected chi connectivity index (χ3v) is 8.29. The van der Waals surface area contributed by atoms with Gasteiger partial charge in [0.05, 0.1) is 19.7 Å².